The summed E-state index contributed by atoms with van der Waals surface area (Å²) in [5, 5.41) is 9.16. The third-order valence-electron chi connectivity index (χ3n) is 2.75. The molecule has 8 heteroatoms. The van der Waals surface area contributed by atoms with Crippen molar-refractivity contribution < 1.29 is 33.0 Å². The van der Waals surface area contributed by atoms with Crippen LogP contribution >= 0.6 is 0 Å². The van der Waals surface area contributed by atoms with Gasteiger partial charge in [0.1, 0.15) is 17.2 Å². The molecule has 0 amide bonds. The summed E-state index contributed by atoms with van der Waals surface area (Å²) in [6.45, 7) is 3.57. The molecule has 0 saturated carbocycles. The van der Waals surface area contributed by atoms with Crippen molar-refractivity contribution in [2.45, 2.75) is 38.5 Å². The highest BCUT2D eigenvalue weighted by Gasteiger charge is 2.46. The van der Waals surface area contributed by atoms with E-state index in [-0.39, 0.29) is 12.2 Å². The number of hydrogen-bond donors (Lipinski definition) is 2. The molecule has 0 saturated heterocycles. The van der Waals surface area contributed by atoms with Crippen LogP contribution in [0.4, 0.5) is 8.78 Å². The van der Waals surface area contributed by atoms with E-state index in [1.165, 1.54) is 0 Å². The van der Waals surface area contributed by atoms with Crippen LogP contribution in [0.2, 0.25) is 0 Å². The van der Waals surface area contributed by atoms with Crippen LogP contribution in [0.15, 0.2) is 18.2 Å². The summed E-state index contributed by atoms with van der Waals surface area (Å²) >= 11 is 0. The molecule has 0 aliphatic carbocycles. The number of nitrogens with two attached hydrogens (primary N) is 1. The molecule has 0 aromatic heterocycles. The lowest BCUT2D eigenvalue weighted by Crippen LogP contribution is -2.60. The lowest BCUT2D eigenvalue weighted by Gasteiger charge is -2.27. The molecule has 0 aliphatic rings. The molecular formula is C15H19F2NO5. The Morgan fingerprint density at radius 3 is 2.35 bits per heavy atom. The normalized spacial score (nSPS) is 14.2. The minimum Gasteiger partial charge on any atom is -0.479 e. The van der Waals surface area contributed by atoms with Crippen LogP contribution in [0.25, 0.3) is 0 Å². The lowest BCUT2D eigenvalue weighted by atomic mass is 10.0. The summed E-state index contributed by atoms with van der Waals surface area (Å²) in [6, 6.07) is 2.85. The van der Waals surface area contributed by atoms with Crippen molar-refractivity contribution in [3.8, 4) is 0 Å². The summed E-state index contributed by atoms with van der Waals surface area (Å²) < 4.78 is 36.2. The summed E-state index contributed by atoms with van der Waals surface area (Å²) in [5.41, 5.74) is 2.21. The third-order valence-corrected chi connectivity index (χ3v) is 2.75. The monoisotopic (exact) mass is 331 g/mol. The Labute approximate surface area is 132 Å². The number of hydrogen-bond acceptors (Lipinski definition) is 5. The topological polar surface area (TPSA) is 98.9 Å². The molecular weight excluding hydrogens is 312 g/mol. The first-order chi connectivity index (χ1) is 10.5. The van der Waals surface area contributed by atoms with E-state index in [9.17, 15) is 18.4 Å². The van der Waals surface area contributed by atoms with Gasteiger partial charge < -0.3 is 20.3 Å². The Morgan fingerprint density at radius 1 is 1.26 bits per heavy atom. The number of carboxylic acid groups (broad SMARTS) is 1. The fourth-order valence-corrected chi connectivity index (χ4v) is 1.54. The molecule has 1 atom stereocenters. The van der Waals surface area contributed by atoms with Gasteiger partial charge in [-0.25, -0.2) is 18.4 Å². The minimum atomic E-state index is -2.43. The third kappa shape index (κ3) is 5.26. The standard InChI is InChI=1S/C15H19F2NO5/c1-14(2,3)23-13(21)15(18,12(19)20)8-22-7-9-4-5-10(16)6-11(9)17/h4-6H,7-8,18H2,1-3H3,(H,19,20). The Hall–Kier alpha value is -2.06. The highest BCUT2D eigenvalue weighted by molar-refractivity contribution is 6.04. The second-order valence-corrected chi connectivity index (χ2v) is 6.01. The van der Waals surface area contributed by atoms with Gasteiger partial charge in [-0.2, -0.15) is 0 Å². The van der Waals surface area contributed by atoms with Gasteiger partial charge in [0, 0.05) is 11.6 Å². The maximum atomic E-state index is 13.5. The van der Waals surface area contributed by atoms with Crippen molar-refractivity contribution in [3.63, 3.8) is 0 Å². The van der Waals surface area contributed by atoms with E-state index >= 15 is 0 Å². The van der Waals surface area contributed by atoms with Crippen LogP contribution < -0.4 is 5.73 Å². The first-order valence-corrected chi connectivity index (χ1v) is 6.73. The number of benzene rings is 1. The van der Waals surface area contributed by atoms with Gasteiger partial charge in [0.15, 0.2) is 0 Å². The number of esters is 1. The van der Waals surface area contributed by atoms with Crippen molar-refractivity contribution in [2.24, 2.45) is 5.73 Å². The Bertz CT molecular complexity index is 600. The van der Waals surface area contributed by atoms with Gasteiger partial charge >= 0.3 is 11.9 Å². The molecule has 0 fully saturated rings. The lowest BCUT2D eigenvalue weighted by molar-refractivity contribution is -0.172. The summed E-state index contributed by atoms with van der Waals surface area (Å²) in [5.74, 6) is -4.40. The van der Waals surface area contributed by atoms with Crippen molar-refractivity contribution in [3.05, 3.63) is 35.4 Å². The molecule has 0 heterocycles. The van der Waals surface area contributed by atoms with E-state index in [2.05, 4.69) is 0 Å². The summed E-state index contributed by atoms with van der Waals surface area (Å²) in [7, 11) is 0. The van der Waals surface area contributed by atoms with Gasteiger partial charge in [-0.3, -0.25) is 0 Å². The second kappa shape index (κ2) is 7.01. The molecule has 1 aromatic rings. The molecule has 3 N–H and O–H groups in total. The molecule has 128 valence electrons. The Balaban J connectivity index is 2.77. The van der Waals surface area contributed by atoms with Crippen LogP contribution in [0, 0.1) is 11.6 Å². The van der Waals surface area contributed by atoms with Crippen molar-refractivity contribution in [1.82, 2.24) is 0 Å². The van der Waals surface area contributed by atoms with E-state index in [0.717, 1.165) is 12.1 Å². The summed E-state index contributed by atoms with van der Waals surface area (Å²) in [4.78, 5) is 23.2. The molecule has 1 rings (SSSR count). The number of aliphatic carboxylic acids is 1. The number of ether oxygens (including phenoxy) is 2. The SMILES string of the molecule is CC(C)(C)OC(=O)C(N)(COCc1ccc(F)cc1F)C(=O)O. The second-order valence-electron chi connectivity index (χ2n) is 6.01. The van der Waals surface area contributed by atoms with E-state index < -0.39 is 41.3 Å². The van der Waals surface area contributed by atoms with E-state index in [4.69, 9.17) is 20.3 Å². The van der Waals surface area contributed by atoms with Gasteiger partial charge in [-0.05, 0) is 26.8 Å². The average Bonchev–Trinajstić information content (AvgIpc) is 2.38. The van der Waals surface area contributed by atoms with Crippen LogP contribution in [0.1, 0.15) is 26.3 Å². The van der Waals surface area contributed by atoms with E-state index in [1.807, 2.05) is 0 Å². The molecule has 0 radical (unpaired) electrons. The smallest absolute Gasteiger partial charge is 0.340 e. The van der Waals surface area contributed by atoms with Crippen LogP contribution in [-0.4, -0.2) is 34.8 Å². The minimum absolute atomic E-state index is 0.00308. The number of carbonyl (C=O) groups excluding carboxylic acids is 1. The van der Waals surface area contributed by atoms with Crippen LogP contribution in [0.5, 0.6) is 0 Å². The number of halogens is 2. The fraction of sp³-hybridized carbons (Fsp3) is 0.467. The molecule has 0 bridgehead atoms. The quantitative estimate of drug-likeness (QED) is 0.607. The average molecular weight is 331 g/mol. The Kier molecular flexibility index (Phi) is 5.79. The number of rotatable bonds is 6. The first-order valence-electron chi connectivity index (χ1n) is 6.73. The molecule has 1 aromatic carbocycles. The van der Waals surface area contributed by atoms with Gasteiger partial charge in [0.2, 0.25) is 5.54 Å². The first kappa shape index (κ1) is 19.0. The number of carbonyl (C=O) groups is 2. The molecule has 1 unspecified atom stereocenters. The van der Waals surface area contributed by atoms with Crippen LogP contribution in [0.3, 0.4) is 0 Å². The van der Waals surface area contributed by atoms with Gasteiger partial charge in [0.25, 0.3) is 0 Å². The summed E-state index contributed by atoms with van der Waals surface area (Å²) in [6.07, 6.45) is 0. The highest BCUT2D eigenvalue weighted by atomic mass is 19.1. The van der Waals surface area contributed by atoms with Crippen molar-refractivity contribution in [2.75, 3.05) is 6.61 Å². The molecule has 0 aliphatic heterocycles. The predicted molar refractivity (Wildman–Crippen MR) is 76.4 cm³/mol. The van der Waals surface area contributed by atoms with Crippen LogP contribution in [-0.2, 0) is 25.7 Å². The number of carboxylic acids is 1. The molecule has 0 spiro atoms. The zero-order chi connectivity index (χ0) is 17.8. The fourth-order valence-electron chi connectivity index (χ4n) is 1.54. The molecule has 6 nitrogen and oxygen atoms in total. The Morgan fingerprint density at radius 2 is 1.87 bits per heavy atom. The highest BCUT2D eigenvalue weighted by Crippen LogP contribution is 2.16. The van der Waals surface area contributed by atoms with E-state index in [1.54, 1.807) is 20.8 Å². The van der Waals surface area contributed by atoms with Gasteiger partial charge in [-0.15, -0.1) is 0 Å². The zero-order valence-corrected chi connectivity index (χ0v) is 13.1. The van der Waals surface area contributed by atoms with Gasteiger partial charge in [0.05, 0.1) is 13.2 Å². The zero-order valence-electron chi connectivity index (χ0n) is 13.1. The maximum Gasteiger partial charge on any atom is 0.340 e. The molecule has 23 heavy (non-hydrogen) atoms. The predicted octanol–water partition coefficient (Wildman–Crippen LogP) is 1.61. The maximum absolute atomic E-state index is 13.5. The van der Waals surface area contributed by atoms with Crippen molar-refractivity contribution >= 4 is 11.9 Å². The van der Waals surface area contributed by atoms with E-state index in [0.29, 0.717) is 6.07 Å². The van der Waals surface area contributed by atoms with Crippen molar-refractivity contribution in [1.29, 1.82) is 0 Å². The largest absolute Gasteiger partial charge is 0.479 e. The van der Waals surface area contributed by atoms with Gasteiger partial charge in [-0.1, -0.05) is 6.07 Å².